The monoisotopic (exact) mass is 263 g/mol. The Bertz CT molecular complexity index is 352. The van der Waals surface area contributed by atoms with Crippen molar-refractivity contribution >= 4 is 0 Å². The van der Waals surface area contributed by atoms with Crippen LogP contribution in [0.25, 0.3) is 0 Å². The molecule has 108 valence electrons. The Hall–Kier alpha value is -0.900. The van der Waals surface area contributed by atoms with Crippen molar-refractivity contribution in [1.29, 1.82) is 0 Å². The van der Waals surface area contributed by atoms with E-state index in [0.717, 1.165) is 26.2 Å². The van der Waals surface area contributed by atoms with E-state index in [1.54, 1.807) is 0 Å². The van der Waals surface area contributed by atoms with E-state index in [2.05, 4.69) is 56.1 Å². The van der Waals surface area contributed by atoms with Crippen LogP contribution >= 0.6 is 0 Å². The first-order valence-corrected chi connectivity index (χ1v) is 7.34. The molecule has 0 fully saturated rings. The van der Waals surface area contributed by atoms with Gasteiger partial charge in [0.15, 0.2) is 0 Å². The summed E-state index contributed by atoms with van der Waals surface area (Å²) in [6, 6.07) is 6.92. The van der Waals surface area contributed by atoms with Crippen LogP contribution in [0.15, 0.2) is 18.2 Å². The Kier molecular flexibility index (Phi) is 7.06. The first-order valence-electron chi connectivity index (χ1n) is 7.34. The maximum absolute atomic E-state index is 5.91. The first-order chi connectivity index (χ1) is 9.10. The third-order valence-electron chi connectivity index (χ3n) is 3.60. The maximum atomic E-state index is 5.91. The van der Waals surface area contributed by atoms with Crippen molar-refractivity contribution in [3.05, 3.63) is 34.9 Å². The van der Waals surface area contributed by atoms with Gasteiger partial charge < -0.3 is 16.0 Å². The van der Waals surface area contributed by atoms with Gasteiger partial charge >= 0.3 is 0 Å². The maximum Gasteiger partial charge on any atom is 0.0445 e. The molecule has 1 unspecified atom stereocenters. The molecule has 0 saturated carbocycles. The van der Waals surface area contributed by atoms with Gasteiger partial charge in [-0.15, -0.1) is 0 Å². The molecule has 3 nitrogen and oxygen atoms in total. The summed E-state index contributed by atoms with van der Waals surface area (Å²) in [5.41, 5.74) is 9.83. The molecule has 0 amide bonds. The summed E-state index contributed by atoms with van der Waals surface area (Å²) in [4.78, 5) is 2.42. The summed E-state index contributed by atoms with van der Waals surface area (Å²) in [5, 5.41) is 3.57. The van der Waals surface area contributed by atoms with E-state index in [9.17, 15) is 0 Å². The highest BCUT2D eigenvalue weighted by Crippen LogP contribution is 2.16. The van der Waals surface area contributed by atoms with Gasteiger partial charge in [-0.05, 0) is 32.5 Å². The van der Waals surface area contributed by atoms with Gasteiger partial charge in [0.05, 0.1) is 0 Å². The fourth-order valence-electron chi connectivity index (χ4n) is 2.49. The minimum atomic E-state index is 0.258. The number of nitrogens with two attached hydrogens (primary N) is 1. The topological polar surface area (TPSA) is 41.3 Å². The molecule has 1 aromatic carbocycles. The Labute approximate surface area is 118 Å². The van der Waals surface area contributed by atoms with Crippen molar-refractivity contribution < 1.29 is 0 Å². The van der Waals surface area contributed by atoms with Gasteiger partial charge in [-0.2, -0.15) is 0 Å². The average Bonchev–Trinajstić information content (AvgIpc) is 2.38. The van der Waals surface area contributed by atoms with Crippen LogP contribution in [0, 0.1) is 13.8 Å². The van der Waals surface area contributed by atoms with E-state index in [0.29, 0.717) is 6.54 Å². The second-order valence-electron chi connectivity index (χ2n) is 5.19. The summed E-state index contributed by atoms with van der Waals surface area (Å²) in [5.74, 6) is 0. The zero-order chi connectivity index (χ0) is 14.3. The zero-order valence-corrected chi connectivity index (χ0v) is 12.9. The molecular weight excluding hydrogens is 234 g/mol. The third kappa shape index (κ3) is 5.31. The van der Waals surface area contributed by atoms with Gasteiger partial charge in [0.1, 0.15) is 0 Å². The summed E-state index contributed by atoms with van der Waals surface area (Å²) >= 11 is 0. The number of likely N-dealkylation sites (N-methyl/N-ethyl adjacent to an activating group) is 1. The van der Waals surface area contributed by atoms with Crippen molar-refractivity contribution in [1.82, 2.24) is 10.2 Å². The van der Waals surface area contributed by atoms with Gasteiger partial charge in [0.2, 0.25) is 0 Å². The molecule has 19 heavy (non-hydrogen) atoms. The molecule has 1 rings (SSSR count). The van der Waals surface area contributed by atoms with E-state index < -0.39 is 0 Å². The second-order valence-corrected chi connectivity index (χ2v) is 5.19. The molecule has 1 atom stereocenters. The lowest BCUT2D eigenvalue weighted by atomic mass is 10.0. The van der Waals surface area contributed by atoms with Crippen LogP contribution in [0.3, 0.4) is 0 Å². The number of rotatable bonds is 8. The number of benzene rings is 1. The van der Waals surface area contributed by atoms with Crippen molar-refractivity contribution in [2.45, 2.75) is 33.7 Å². The highest BCUT2D eigenvalue weighted by molar-refractivity contribution is 5.30. The number of hydrogen-bond donors (Lipinski definition) is 2. The van der Waals surface area contributed by atoms with Crippen molar-refractivity contribution in [2.75, 3.05) is 32.7 Å². The predicted molar refractivity (Wildman–Crippen MR) is 83.5 cm³/mol. The van der Waals surface area contributed by atoms with Gasteiger partial charge in [-0.25, -0.2) is 0 Å². The number of aryl methyl sites for hydroxylation is 2. The molecule has 0 spiro atoms. The lowest BCUT2D eigenvalue weighted by Crippen LogP contribution is -2.36. The van der Waals surface area contributed by atoms with Gasteiger partial charge in [-0.1, -0.05) is 43.2 Å². The van der Waals surface area contributed by atoms with Crippen LogP contribution in [0.1, 0.15) is 36.6 Å². The fraction of sp³-hybridized carbons (Fsp3) is 0.625. The predicted octanol–water partition coefficient (Wildman–Crippen LogP) is 2.23. The van der Waals surface area contributed by atoms with Gasteiger partial charge in [0.25, 0.3) is 0 Å². The Morgan fingerprint density at radius 2 is 1.68 bits per heavy atom. The Morgan fingerprint density at radius 1 is 1.11 bits per heavy atom. The number of nitrogens with one attached hydrogen (secondary N) is 1. The second kappa shape index (κ2) is 8.31. The van der Waals surface area contributed by atoms with Crippen molar-refractivity contribution in [3.63, 3.8) is 0 Å². The normalized spacial score (nSPS) is 12.9. The standard InChI is InChI=1S/C16H29N3/c1-5-19(6-2)8-7-18-16(12-17)15-10-13(3)9-14(4)11-15/h9-11,16,18H,5-8,12,17H2,1-4H3. The van der Waals surface area contributed by atoms with E-state index >= 15 is 0 Å². The van der Waals surface area contributed by atoms with E-state index in [1.165, 1.54) is 16.7 Å². The molecule has 0 heterocycles. The van der Waals surface area contributed by atoms with Crippen molar-refractivity contribution in [3.8, 4) is 0 Å². The summed E-state index contributed by atoms with van der Waals surface area (Å²) in [6.07, 6.45) is 0. The Balaban J connectivity index is 2.58. The van der Waals surface area contributed by atoms with Crippen LogP contribution < -0.4 is 11.1 Å². The minimum absolute atomic E-state index is 0.258. The highest BCUT2D eigenvalue weighted by Gasteiger charge is 2.10. The van der Waals surface area contributed by atoms with Gasteiger partial charge in [0, 0.05) is 25.7 Å². The van der Waals surface area contributed by atoms with Crippen molar-refractivity contribution in [2.24, 2.45) is 5.73 Å². The Morgan fingerprint density at radius 3 is 2.16 bits per heavy atom. The molecule has 0 radical (unpaired) electrons. The fourth-order valence-corrected chi connectivity index (χ4v) is 2.49. The molecule has 0 aliphatic carbocycles. The molecule has 3 heteroatoms. The molecule has 0 saturated heterocycles. The summed E-state index contributed by atoms with van der Waals surface area (Å²) < 4.78 is 0. The molecule has 0 aliphatic heterocycles. The average molecular weight is 263 g/mol. The van der Waals surface area contributed by atoms with Crippen LogP contribution in [0.4, 0.5) is 0 Å². The molecular formula is C16H29N3. The lowest BCUT2D eigenvalue weighted by Gasteiger charge is -2.22. The minimum Gasteiger partial charge on any atom is -0.329 e. The van der Waals surface area contributed by atoms with Crippen LogP contribution in [-0.4, -0.2) is 37.6 Å². The lowest BCUT2D eigenvalue weighted by molar-refractivity contribution is 0.297. The van der Waals surface area contributed by atoms with Crippen LogP contribution in [0.5, 0.6) is 0 Å². The van der Waals surface area contributed by atoms with E-state index in [4.69, 9.17) is 5.73 Å². The van der Waals surface area contributed by atoms with Gasteiger partial charge in [-0.3, -0.25) is 0 Å². The molecule has 0 aromatic heterocycles. The van der Waals surface area contributed by atoms with Crippen LogP contribution in [0.2, 0.25) is 0 Å². The SMILES string of the molecule is CCN(CC)CCNC(CN)c1cc(C)cc(C)c1. The molecule has 3 N–H and O–H groups in total. The largest absolute Gasteiger partial charge is 0.329 e. The smallest absolute Gasteiger partial charge is 0.0445 e. The molecule has 0 aliphatic rings. The highest BCUT2D eigenvalue weighted by atomic mass is 15.1. The zero-order valence-electron chi connectivity index (χ0n) is 12.9. The number of nitrogens with zero attached hydrogens (tertiary/aromatic N) is 1. The summed E-state index contributed by atoms with van der Waals surface area (Å²) in [7, 11) is 0. The molecule has 0 bridgehead atoms. The summed E-state index contributed by atoms with van der Waals surface area (Å²) in [6.45, 7) is 13.6. The quantitative estimate of drug-likeness (QED) is 0.756. The van der Waals surface area contributed by atoms with E-state index in [-0.39, 0.29) is 6.04 Å². The third-order valence-corrected chi connectivity index (χ3v) is 3.60. The van der Waals surface area contributed by atoms with E-state index in [1.807, 2.05) is 0 Å². The molecule has 1 aromatic rings. The van der Waals surface area contributed by atoms with Crippen LogP contribution in [-0.2, 0) is 0 Å². The first kappa shape index (κ1) is 16.2. The number of hydrogen-bond acceptors (Lipinski definition) is 3.